The zero-order valence-electron chi connectivity index (χ0n) is 7.09. The van der Waals surface area contributed by atoms with Crippen LogP contribution in [0.15, 0.2) is 0 Å². The lowest BCUT2D eigenvalue weighted by Gasteiger charge is -2.16. The van der Waals surface area contributed by atoms with Gasteiger partial charge in [0.2, 0.25) is 5.91 Å². The lowest BCUT2D eigenvalue weighted by Crippen LogP contribution is -2.38. The summed E-state index contributed by atoms with van der Waals surface area (Å²) in [6.45, 7) is 4.40. The molecule has 1 N–H and O–H groups in total. The molecular weight excluding hydrogens is 142 g/mol. The van der Waals surface area contributed by atoms with Crippen molar-refractivity contribution in [1.82, 2.24) is 5.32 Å². The number of hydrogen-bond donors (Lipinski definition) is 1. The normalized spacial score (nSPS) is 30.4. The molecule has 1 saturated heterocycles. The van der Waals surface area contributed by atoms with Crippen LogP contribution in [0.4, 0.5) is 0 Å². The van der Waals surface area contributed by atoms with E-state index in [9.17, 15) is 4.79 Å². The number of nitrogens with one attached hydrogen (secondary N) is 1. The van der Waals surface area contributed by atoms with Gasteiger partial charge in [-0.25, -0.2) is 0 Å². The number of amides is 1. The number of rotatable bonds is 2. The molecule has 0 bridgehead atoms. The van der Waals surface area contributed by atoms with Gasteiger partial charge >= 0.3 is 0 Å². The summed E-state index contributed by atoms with van der Waals surface area (Å²) in [5.74, 6) is 0.0407. The third kappa shape index (κ3) is 2.19. The van der Waals surface area contributed by atoms with E-state index in [-0.39, 0.29) is 18.1 Å². The standard InChI is InChI=1S/C8H15NO2/c1-3-8-7(4-5-11-8)9-6(2)10/h7-8H,3-5H2,1-2H3,(H,9,10). The van der Waals surface area contributed by atoms with Gasteiger partial charge in [0.25, 0.3) is 0 Å². The van der Waals surface area contributed by atoms with Gasteiger partial charge in [-0.2, -0.15) is 0 Å². The Balaban J connectivity index is 2.37. The van der Waals surface area contributed by atoms with E-state index in [4.69, 9.17) is 4.74 Å². The van der Waals surface area contributed by atoms with Crippen LogP contribution in [0, 0.1) is 0 Å². The summed E-state index contributed by atoms with van der Waals surface area (Å²) in [4.78, 5) is 10.7. The van der Waals surface area contributed by atoms with E-state index in [1.165, 1.54) is 0 Å². The maximum Gasteiger partial charge on any atom is 0.217 e. The monoisotopic (exact) mass is 157 g/mol. The number of carbonyl (C=O) groups is 1. The van der Waals surface area contributed by atoms with E-state index in [1.54, 1.807) is 6.92 Å². The molecule has 3 heteroatoms. The average Bonchev–Trinajstić information content (AvgIpc) is 2.34. The highest BCUT2D eigenvalue weighted by molar-refractivity contribution is 5.73. The molecule has 1 aliphatic heterocycles. The minimum atomic E-state index is 0.0407. The summed E-state index contributed by atoms with van der Waals surface area (Å²) < 4.78 is 5.40. The van der Waals surface area contributed by atoms with Crippen LogP contribution in [-0.2, 0) is 9.53 Å². The number of ether oxygens (including phenoxy) is 1. The van der Waals surface area contributed by atoms with Crippen LogP contribution >= 0.6 is 0 Å². The van der Waals surface area contributed by atoms with Crippen LogP contribution in [0.25, 0.3) is 0 Å². The van der Waals surface area contributed by atoms with Crippen molar-refractivity contribution in [2.45, 2.75) is 38.8 Å². The molecule has 2 atom stereocenters. The van der Waals surface area contributed by atoms with Crippen molar-refractivity contribution in [3.05, 3.63) is 0 Å². The highest BCUT2D eigenvalue weighted by Gasteiger charge is 2.26. The van der Waals surface area contributed by atoms with Crippen LogP contribution < -0.4 is 5.32 Å². The van der Waals surface area contributed by atoms with Gasteiger partial charge in [-0.15, -0.1) is 0 Å². The minimum absolute atomic E-state index is 0.0407. The van der Waals surface area contributed by atoms with E-state index < -0.39 is 0 Å². The van der Waals surface area contributed by atoms with Crippen LogP contribution in [-0.4, -0.2) is 24.7 Å². The summed E-state index contributed by atoms with van der Waals surface area (Å²) >= 11 is 0. The smallest absolute Gasteiger partial charge is 0.217 e. The first-order valence-electron chi connectivity index (χ1n) is 4.12. The Labute approximate surface area is 67.1 Å². The summed E-state index contributed by atoms with van der Waals surface area (Å²) in [6.07, 6.45) is 2.17. The van der Waals surface area contributed by atoms with Gasteiger partial charge < -0.3 is 10.1 Å². The molecule has 0 aromatic heterocycles. The Bertz CT molecular complexity index is 147. The zero-order chi connectivity index (χ0) is 8.27. The quantitative estimate of drug-likeness (QED) is 0.640. The van der Waals surface area contributed by atoms with Crippen LogP contribution in [0.5, 0.6) is 0 Å². The molecule has 0 saturated carbocycles. The molecule has 1 amide bonds. The predicted molar refractivity (Wildman–Crippen MR) is 42.3 cm³/mol. The van der Waals surface area contributed by atoms with Crippen molar-refractivity contribution in [2.24, 2.45) is 0 Å². The molecule has 11 heavy (non-hydrogen) atoms. The predicted octanol–water partition coefficient (Wildman–Crippen LogP) is 0.690. The zero-order valence-corrected chi connectivity index (χ0v) is 7.09. The van der Waals surface area contributed by atoms with E-state index in [2.05, 4.69) is 12.2 Å². The van der Waals surface area contributed by atoms with E-state index >= 15 is 0 Å². The molecule has 1 fully saturated rings. The van der Waals surface area contributed by atoms with Gasteiger partial charge in [0.15, 0.2) is 0 Å². The molecule has 1 aliphatic rings. The van der Waals surface area contributed by atoms with Crippen molar-refractivity contribution < 1.29 is 9.53 Å². The molecule has 1 heterocycles. The molecule has 0 radical (unpaired) electrons. The fourth-order valence-electron chi connectivity index (χ4n) is 1.48. The Morgan fingerprint density at radius 3 is 3.00 bits per heavy atom. The Morgan fingerprint density at radius 2 is 2.45 bits per heavy atom. The fourth-order valence-corrected chi connectivity index (χ4v) is 1.48. The number of hydrogen-bond acceptors (Lipinski definition) is 2. The maximum absolute atomic E-state index is 10.7. The van der Waals surface area contributed by atoms with E-state index in [0.717, 1.165) is 19.4 Å². The molecule has 0 aliphatic carbocycles. The van der Waals surface area contributed by atoms with Crippen molar-refractivity contribution in [1.29, 1.82) is 0 Å². The van der Waals surface area contributed by atoms with Crippen molar-refractivity contribution in [3.63, 3.8) is 0 Å². The van der Waals surface area contributed by atoms with Crippen LogP contribution in [0.1, 0.15) is 26.7 Å². The molecule has 0 aromatic carbocycles. The summed E-state index contributed by atoms with van der Waals surface area (Å²) in [7, 11) is 0. The molecule has 1 rings (SSSR count). The molecule has 3 nitrogen and oxygen atoms in total. The first kappa shape index (κ1) is 8.53. The molecule has 2 unspecified atom stereocenters. The van der Waals surface area contributed by atoms with Crippen LogP contribution in [0.3, 0.4) is 0 Å². The highest BCUT2D eigenvalue weighted by Crippen LogP contribution is 2.15. The molecule has 64 valence electrons. The lowest BCUT2D eigenvalue weighted by atomic mass is 10.1. The van der Waals surface area contributed by atoms with E-state index in [0.29, 0.717) is 0 Å². The Hall–Kier alpha value is -0.570. The number of carbonyl (C=O) groups excluding carboxylic acids is 1. The molecule has 0 aromatic rings. The van der Waals surface area contributed by atoms with Gasteiger partial charge in [0.1, 0.15) is 0 Å². The van der Waals surface area contributed by atoms with Crippen molar-refractivity contribution in [2.75, 3.05) is 6.61 Å². The van der Waals surface area contributed by atoms with Crippen molar-refractivity contribution >= 4 is 5.91 Å². The Kier molecular flexibility index (Phi) is 2.88. The molecule has 0 spiro atoms. The third-order valence-electron chi connectivity index (χ3n) is 2.00. The second-order valence-corrected chi connectivity index (χ2v) is 2.91. The second-order valence-electron chi connectivity index (χ2n) is 2.91. The van der Waals surface area contributed by atoms with E-state index in [1.807, 2.05) is 0 Å². The average molecular weight is 157 g/mol. The Morgan fingerprint density at radius 1 is 1.73 bits per heavy atom. The topological polar surface area (TPSA) is 38.3 Å². The van der Waals surface area contributed by atoms with Gasteiger partial charge in [-0.05, 0) is 12.8 Å². The summed E-state index contributed by atoms with van der Waals surface area (Å²) in [5.41, 5.74) is 0. The van der Waals surface area contributed by atoms with Gasteiger partial charge in [0, 0.05) is 13.5 Å². The SMILES string of the molecule is CCC1OCCC1NC(C)=O. The van der Waals surface area contributed by atoms with Gasteiger partial charge in [-0.1, -0.05) is 6.92 Å². The maximum atomic E-state index is 10.7. The van der Waals surface area contributed by atoms with Crippen LogP contribution in [0.2, 0.25) is 0 Å². The van der Waals surface area contributed by atoms with Gasteiger partial charge in [0.05, 0.1) is 12.1 Å². The fraction of sp³-hybridized carbons (Fsp3) is 0.875. The van der Waals surface area contributed by atoms with Crippen molar-refractivity contribution in [3.8, 4) is 0 Å². The summed E-state index contributed by atoms with van der Waals surface area (Å²) in [6, 6.07) is 0.248. The second kappa shape index (κ2) is 3.72. The highest BCUT2D eigenvalue weighted by atomic mass is 16.5. The third-order valence-corrected chi connectivity index (χ3v) is 2.00. The first-order chi connectivity index (χ1) is 5.24. The lowest BCUT2D eigenvalue weighted by molar-refractivity contribution is -0.120. The minimum Gasteiger partial charge on any atom is -0.376 e. The largest absolute Gasteiger partial charge is 0.376 e. The van der Waals surface area contributed by atoms with Gasteiger partial charge in [-0.3, -0.25) is 4.79 Å². The molecular formula is C8H15NO2. The first-order valence-corrected chi connectivity index (χ1v) is 4.12. The summed E-state index contributed by atoms with van der Waals surface area (Å²) in [5, 5.41) is 2.88.